The molecule has 6 aromatic carbocycles. The molecule has 0 saturated carbocycles. The van der Waals surface area contributed by atoms with E-state index in [9.17, 15) is 4.79 Å². The lowest BCUT2D eigenvalue weighted by Crippen LogP contribution is -2.10. The number of ketones is 1. The lowest BCUT2D eigenvalue weighted by atomic mass is 9.87. The van der Waals surface area contributed by atoms with Crippen molar-refractivity contribution in [2.75, 3.05) is 4.90 Å². The lowest BCUT2D eigenvalue weighted by molar-refractivity contribution is 0.103. The summed E-state index contributed by atoms with van der Waals surface area (Å²) in [5.74, 6) is 0.116. The van der Waals surface area contributed by atoms with E-state index >= 15 is 0 Å². The van der Waals surface area contributed by atoms with E-state index in [1.165, 1.54) is 27.8 Å². The minimum atomic E-state index is 0.116. The van der Waals surface area contributed by atoms with E-state index in [1.54, 1.807) is 0 Å². The Morgan fingerprint density at radius 2 is 1.07 bits per heavy atom. The van der Waals surface area contributed by atoms with Crippen molar-refractivity contribution in [2.24, 2.45) is 0 Å². The topological polar surface area (TPSA) is 20.3 Å². The fraction of sp³-hybridized carbons (Fsp3) is 0.119. The third kappa shape index (κ3) is 5.72. The summed E-state index contributed by atoms with van der Waals surface area (Å²) in [7, 11) is 0. The Balaban J connectivity index is 1.22. The quantitative estimate of drug-likeness (QED) is 0.186. The van der Waals surface area contributed by atoms with Crippen LogP contribution in [0, 0.1) is 6.92 Å². The standard InChI is InChI=1S/C42H35NO/c1-30-12-18-36(19-13-30)42(44)41-29-32-15-14-31-16-20-33(22-23-35(41)21-17-32)40(28-31)34-24-26-39(27-25-34)43(37-8-4-2-5-9-37)38-10-6-3-7-11-38/h2-13,16-21,24-29H,14-15,22-23H2,1H3. The van der Waals surface area contributed by atoms with Crippen molar-refractivity contribution >= 4 is 22.8 Å². The molecular weight excluding hydrogens is 534 g/mol. The molecule has 0 aliphatic heterocycles. The Hall–Kier alpha value is -5.21. The van der Waals surface area contributed by atoms with Gasteiger partial charge in [0.1, 0.15) is 0 Å². The number of rotatable bonds is 6. The molecule has 0 heterocycles. The molecule has 214 valence electrons. The number of aryl methyl sites for hydroxylation is 5. The van der Waals surface area contributed by atoms with Crippen molar-refractivity contribution in [2.45, 2.75) is 32.6 Å². The lowest BCUT2D eigenvalue weighted by Gasteiger charge is -2.25. The van der Waals surface area contributed by atoms with Gasteiger partial charge in [-0.2, -0.15) is 0 Å². The van der Waals surface area contributed by atoms with Crippen LogP contribution >= 0.6 is 0 Å². The maximum atomic E-state index is 13.7. The van der Waals surface area contributed by atoms with Crippen LogP contribution in [0.4, 0.5) is 17.1 Å². The fourth-order valence-corrected chi connectivity index (χ4v) is 6.28. The van der Waals surface area contributed by atoms with Crippen LogP contribution in [0.2, 0.25) is 0 Å². The maximum Gasteiger partial charge on any atom is 0.193 e. The Bertz CT molecular complexity index is 1870. The third-order valence-electron chi connectivity index (χ3n) is 8.74. The zero-order valence-corrected chi connectivity index (χ0v) is 25.0. The number of carbonyl (C=O) groups is 1. The second-order valence-electron chi connectivity index (χ2n) is 11.7. The maximum absolute atomic E-state index is 13.7. The average Bonchev–Trinajstić information content (AvgIpc) is 3.07. The zero-order chi connectivity index (χ0) is 29.9. The van der Waals surface area contributed by atoms with Gasteiger partial charge in [0, 0.05) is 28.2 Å². The molecule has 44 heavy (non-hydrogen) atoms. The number of para-hydroxylation sites is 2. The molecule has 6 aromatic rings. The first-order valence-corrected chi connectivity index (χ1v) is 15.5. The number of nitrogens with zero attached hydrogens (tertiary/aromatic N) is 1. The van der Waals surface area contributed by atoms with E-state index in [0.29, 0.717) is 0 Å². The first kappa shape index (κ1) is 27.6. The minimum absolute atomic E-state index is 0.116. The molecule has 4 bridgehead atoms. The van der Waals surface area contributed by atoms with Crippen LogP contribution in [0.1, 0.15) is 43.7 Å². The number of benzene rings is 6. The smallest absolute Gasteiger partial charge is 0.193 e. The predicted molar refractivity (Wildman–Crippen MR) is 182 cm³/mol. The molecule has 0 saturated heterocycles. The second-order valence-corrected chi connectivity index (χ2v) is 11.7. The Morgan fingerprint density at radius 1 is 0.523 bits per heavy atom. The molecule has 0 atom stereocenters. The number of hydrogen-bond donors (Lipinski definition) is 0. The fourth-order valence-electron chi connectivity index (χ4n) is 6.28. The van der Waals surface area contributed by atoms with E-state index in [-0.39, 0.29) is 5.78 Å². The Labute approximate surface area is 260 Å². The summed E-state index contributed by atoms with van der Waals surface area (Å²) < 4.78 is 0. The molecule has 0 amide bonds. The molecule has 0 aromatic heterocycles. The van der Waals surface area contributed by atoms with Gasteiger partial charge in [-0.05, 0) is 108 Å². The zero-order valence-electron chi connectivity index (χ0n) is 25.0. The normalized spacial score (nSPS) is 12.4. The van der Waals surface area contributed by atoms with Crippen LogP contribution in [0.3, 0.4) is 0 Å². The highest BCUT2D eigenvalue weighted by molar-refractivity contribution is 6.10. The van der Waals surface area contributed by atoms with Gasteiger partial charge in [0.25, 0.3) is 0 Å². The predicted octanol–water partition coefficient (Wildman–Crippen LogP) is 10.2. The molecule has 4 aliphatic rings. The van der Waals surface area contributed by atoms with Gasteiger partial charge in [-0.3, -0.25) is 4.79 Å². The van der Waals surface area contributed by atoms with E-state index in [2.05, 4.69) is 133 Å². The molecular formula is C42H35NO. The highest BCUT2D eigenvalue weighted by Gasteiger charge is 2.18. The first-order valence-electron chi connectivity index (χ1n) is 15.5. The van der Waals surface area contributed by atoms with E-state index in [1.807, 2.05) is 24.3 Å². The average molecular weight is 570 g/mol. The van der Waals surface area contributed by atoms with Gasteiger partial charge in [-0.25, -0.2) is 0 Å². The Kier molecular flexibility index (Phi) is 7.65. The van der Waals surface area contributed by atoms with Crippen molar-refractivity contribution in [3.63, 3.8) is 0 Å². The number of carbonyl (C=O) groups excluding carboxylic acids is 1. The van der Waals surface area contributed by atoms with Gasteiger partial charge in [0.15, 0.2) is 5.78 Å². The molecule has 0 spiro atoms. The summed E-state index contributed by atoms with van der Waals surface area (Å²) >= 11 is 0. The second kappa shape index (κ2) is 12.2. The molecule has 2 heteroatoms. The number of anilines is 3. The van der Waals surface area contributed by atoms with Crippen molar-refractivity contribution in [1.29, 1.82) is 0 Å². The SMILES string of the molecule is Cc1ccc(C(=O)c2cc3ccc2CCc2ccc(cc2-c2ccc(N(c4ccccc4)c4ccccc4)cc2)CC3)cc1. The van der Waals surface area contributed by atoms with Crippen LogP contribution in [0.15, 0.2) is 146 Å². The monoisotopic (exact) mass is 569 g/mol. The molecule has 4 aliphatic carbocycles. The summed E-state index contributed by atoms with van der Waals surface area (Å²) in [4.78, 5) is 16.0. The molecule has 0 unspecified atom stereocenters. The molecule has 2 nitrogen and oxygen atoms in total. The van der Waals surface area contributed by atoms with Crippen LogP contribution in [-0.4, -0.2) is 5.78 Å². The van der Waals surface area contributed by atoms with Gasteiger partial charge in [0.2, 0.25) is 0 Å². The highest BCUT2D eigenvalue weighted by Crippen LogP contribution is 2.36. The third-order valence-corrected chi connectivity index (χ3v) is 8.74. The van der Waals surface area contributed by atoms with Gasteiger partial charge in [-0.15, -0.1) is 0 Å². The molecule has 0 radical (unpaired) electrons. The molecule has 0 N–H and O–H groups in total. The summed E-state index contributed by atoms with van der Waals surface area (Å²) in [6, 6.07) is 51.4. The van der Waals surface area contributed by atoms with Crippen molar-refractivity contribution in [3.05, 3.63) is 185 Å². The van der Waals surface area contributed by atoms with E-state index in [0.717, 1.165) is 65.0 Å². The van der Waals surface area contributed by atoms with Crippen molar-refractivity contribution < 1.29 is 4.79 Å². The van der Waals surface area contributed by atoms with E-state index < -0.39 is 0 Å². The summed E-state index contributed by atoms with van der Waals surface area (Å²) in [6.45, 7) is 2.05. The minimum Gasteiger partial charge on any atom is -0.311 e. The summed E-state index contributed by atoms with van der Waals surface area (Å²) in [5.41, 5.74) is 13.6. The van der Waals surface area contributed by atoms with Gasteiger partial charge in [0.05, 0.1) is 0 Å². The summed E-state index contributed by atoms with van der Waals surface area (Å²) in [5, 5.41) is 0. The molecule has 10 rings (SSSR count). The van der Waals surface area contributed by atoms with E-state index in [4.69, 9.17) is 0 Å². The van der Waals surface area contributed by atoms with Crippen molar-refractivity contribution in [3.8, 4) is 11.1 Å². The largest absolute Gasteiger partial charge is 0.311 e. The van der Waals surface area contributed by atoms with Crippen LogP contribution in [-0.2, 0) is 25.7 Å². The van der Waals surface area contributed by atoms with Crippen LogP contribution in [0.25, 0.3) is 11.1 Å². The summed E-state index contributed by atoms with van der Waals surface area (Å²) in [6.07, 6.45) is 3.51. The van der Waals surface area contributed by atoms with Gasteiger partial charge < -0.3 is 4.90 Å². The van der Waals surface area contributed by atoms with Crippen LogP contribution in [0.5, 0.6) is 0 Å². The molecule has 0 fully saturated rings. The number of hydrogen-bond acceptors (Lipinski definition) is 2. The van der Waals surface area contributed by atoms with Gasteiger partial charge >= 0.3 is 0 Å². The first-order chi connectivity index (χ1) is 21.6. The van der Waals surface area contributed by atoms with Crippen LogP contribution < -0.4 is 4.90 Å². The Morgan fingerprint density at radius 3 is 1.70 bits per heavy atom. The van der Waals surface area contributed by atoms with Crippen molar-refractivity contribution in [1.82, 2.24) is 0 Å². The van der Waals surface area contributed by atoms with Gasteiger partial charge in [-0.1, -0.05) is 109 Å². The highest BCUT2D eigenvalue weighted by atomic mass is 16.1.